The molecule has 1 heterocycles. The molecule has 1 atom stereocenters. The number of hydrogen-bond acceptors (Lipinski definition) is 3. The zero-order chi connectivity index (χ0) is 17.0. The average Bonchev–Trinajstić information content (AvgIpc) is 2.80. The van der Waals surface area contributed by atoms with Gasteiger partial charge in [0.25, 0.3) is 5.92 Å². The number of amides is 2. The summed E-state index contributed by atoms with van der Waals surface area (Å²) in [5, 5.41) is 7.90. The van der Waals surface area contributed by atoms with E-state index in [0.717, 1.165) is 5.56 Å². The van der Waals surface area contributed by atoms with Crippen molar-refractivity contribution in [1.29, 1.82) is 0 Å². The van der Waals surface area contributed by atoms with Gasteiger partial charge in [0.1, 0.15) is 0 Å². The molecule has 1 fully saturated rings. The monoisotopic (exact) mass is 361 g/mol. The van der Waals surface area contributed by atoms with Gasteiger partial charge in [-0.2, -0.15) is 0 Å². The summed E-state index contributed by atoms with van der Waals surface area (Å²) in [5.41, 5.74) is 1.33. The molecule has 5 nitrogen and oxygen atoms in total. The molecular weight excluding hydrogens is 340 g/mol. The number of nitrogens with one attached hydrogen (secondary N) is 3. The molecule has 24 heavy (non-hydrogen) atoms. The van der Waals surface area contributed by atoms with Crippen LogP contribution in [0.15, 0.2) is 24.3 Å². The molecule has 1 aromatic carbocycles. The molecule has 1 aliphatic rings. The van der Waals surface area contributed by atoms with Crippen molar-refractivity contribution in [3.63, 3.8) is 0 Å². The van der Waals surface area contributed by atoms with Gasteiger partial charge < -0.3 is 10.6 Å². The van der Waals surface area contributed by atoms with Crippen molar-refractivity contribution in [2.45, 2.75) is 44.7 Å². The van der Waals surface area contributed by atoms with E-state index in [4.69, 9.17) is 0 Å². The van der Waals surface area contributed by atoms with Crippen LogP contribution in [0.4, 0.5) is 14.5 Å². The Morgan fingerprint density at radius 3 is 2.42 bits per heavy atom. The van der Waals surface area contributed by atoms with E-state index < -0.39 is 30.8 Å². The molecule has 8 heteroatoms. The number of alkyl halides is 2. The van der Waals surface area contributed by atoms with Gasteiger partial charge in [0.05, 0.1) is 19.0 Å². The number of halogens is 3. The highest BCUT2D eigenvalue weighted by molar-refractivity contribution is 5.95. The number of carbonyl (C=O) groups excluding carboxylic acids is 2. The van der Waals surface area contributed by atoms with E-state index in [1.54, 1.807) is 24.3 Å². The minimum atomic E-state index is -2.84. The Hall–Kier alpha value is -1.73. The summed E-state index contributed by atoms with van der Waals surface area (Å²) in [5.74, 6) is -3.39. The third kappa shape index (κ3) is 6.05. The Kier molecular flexibility index (Phi) is 7.10. The van der Waals surface area contributed by atoms with Crippen molar-refractivity contribution < 1.29 is 18.4 Å². The van der Waals surface area contributed by atoms with Crippen molar-refractivity contribution in [2.24, 2.45) is 0 Å². The summed E-state index contributed by atoms with van der Waals surface area (Å²) in [6.45, 7) is 3.29. The van der Waals surface area contributed by atoms with Gasteiger partial charge in [-0.25, -0.2) is 8.78 Å². The van der Waals surface area contributed by atoms with Crippen LogP contribution in [-0.4, -0.2) is 36.4 Å². The van der Waals surface area contributed by atoms with Gasteiger partial charge >= 0.3 is 0 Å². The van der Waals surface area contributed by atoms with Gasteiger partial charge in [-0.3, -0.25) is 14.9 Å². The van der Waals surface area contributed by atoms with Crippen LogP contribution in [0.3, 0.4) is 0 Å². The van der Waals surface area contributed by atoms with E-state index in [9.17, 15) is 18.4 Å². The molecule has 0 aromatic heterocycles. The van der Waals surface area contributed by atoms with E-state index in [2.05, 4.69) is 16.0 Å². The number of carbonyl (C=O) groups is 2. The topological polar surface area (TPSA) is 70.2 Å². The minimum Gasteiger partial charge on any atom is -0.354 e. The average molecular weight is 362 g/mol. The van der Waals surface area contributed by atoms with Crippen LogP contribution in [0.5, 0.6) is 0 Å². The van der Waals surface area contributed by atoms with Crippen LogP contribution in [0.1, 0.15) is 25.8 Å². The van der Waals surface area contributed by atoms with Gasteiger partial charge in [-0.05, 0) is 31.5 Å². The maximum Gasteiger partial charge on any atom is 0.262 e. The van der Waals surface area contributed by atoms with Crippen LogP contribution in [0.2, 0.25) is 0 Å². The lowest BCUT2D eigenvalue weighted by Gasteiger charge is -2.12. The lowest BCUT2D eigenvalue weighted by molar-refractivity contribution is -0.121. The first-order valence-corrected chi connectivity index (χ1v) is 7.55. The standard InChI is InChI=1S/C16H21F2N3O2.ClH/c1-10(2)20-14(22)7-11-3-5-12(6-4-11)21-15(23)13-8-16(17,18)9-19-13;/h3-6,10,13,19H,7-9H2,1-2H3,(H,20,22)(H,21,23);1H. The van der Waals surface area contributed by atoms with Crippen LogP contribution in [-0.2, 0) is 16.0 Å². The summed E-state index contributed by atoms with van der Waals surface area (Å²) in [7, 11) is 0. The molecule has 0 spiro atoms. The first kappa shape index (κ1) is 20.3. The van der Waals surface area contributed by atoms with Gasteiger partial charge in [0.2, 0.25) is 11.8 Å². The Bertz CT molecular complexity index is 579. The molecule has 1 saturated heterocycles. The molecule has 0 radical (unpaired) electrons. The Morgan fingerprint density at radius 2 is 1.92 bits per heavy atom. The SMILES string of the molecule is CC(C)NC(=O)Cc1ccc(NC(=O)C2CC(F)(F)CN2)cc1.Cl. The van der Waals surface area contributed by atoms with Crippen molar-refractivity contribution in [1.82, 2.24) is 10.6 Å². The lowest BCUT2D eigenvalue weighted by Crippen LogP contribution is -2.35. The lowest BCUT2D eigenvalue weighted by atomic mass is 10.1. The molecule has 1 aliphatic heterocycles. The maximum absolute atomic E-state index is 13.1. The second kappa shape index (κ2) is 8.39. The number of benzene rings is 1. The Balaban J connectivity index is 0.00000288. The maximum atomic E-state index is 13.1. The van der Waals surface area contributed by atoms with E-state index in [0.29, 0.717) is 5.69 Å². The van der Waals surface area contributed by atoms with Crippen molar-refractivity contribution in [3.05, 3.63) is 29.8 Å². The quantitative estimate of drug-likeness (QED) is 0.752. The van der Waals surface area contributed by atoms with E-state index in [1.165, 1.54) is 0 Å². The van der Waals surface area contributed by atoms with Crippen molar-refractivity contribution >= 4 is 29.9 Å². The predicted molar refractivity (Wildman–Crippen MR) is 90.7 cm³/mol. The fraction of sp³-hybridized carbons (Fsp3) is 0.500. The third-order valence-electron chi connectivity index (χ3n) is 3.46. The van der Waals surface area contributed by atoms with E-state index >= 15 is 0 Å². The molecule has 134 valence electrons. The van der Waals surface area contributed by atoms with Gasteiger partial charge in [-0.1, -0.05) is 12.1 Å². The number of rotatable bonds is 5. The largest absolute Gasteiger partial charge is 0.354 e. The molecule has 0 saturated carbocycles. The first-order chi connectivity index (χ1) is 10.7. The highest BCUT2D eigenvalue weighted by Gasteiger charge is 2.42. The second-order valence-corrected chi connectivity index (χ2v) is 6.08. The smallest absolute Gasteiger partial charge is 0.262 e. The summed E-state index contributed by atoms with van der Waals surface area (Å²) in [6.07, 6.45) is -0.241. The Labute approximate surface area is 146 Å². The van der Waals surface area contributed by atoms with Crippen LogP contribution >= 0.6 is 12.4 Å². The molecule has 1 aromatic rings. The van der Waals surface area contributed by atoms with Crippen LogP contribution in [0, 0.1) is 0 Å². The predicted octanol–water partition coefficient (Wildman–Crippen LogP) is 2.11. The summed E-state index contributed by atoms with van der Waals surface area (Å²) >= 11 is 0. The van der Waals surface area contributed by atoms with Crippen molar-refractivity contribution in [2.75, 3.05) is 11.9 Å². The van der Waals surface area contributed by atoms with Gasteiger partial charge in [0.15, 0.2) is 0 Å². The fourth-order valence-corrected chi connectivity index (χ4v) is 2.39. The summed E-state index contributed by atoms with van der Waals surface area (Å²) in [4.78, 5) is 23.6. The zero-order valence-corrected chi connectivity index (χ0v) is 14.4. The second-order valence-electron chi connectivity index (χ2n) is 6.08. The zero-order valence-electron chi connectivity index (χ0n) is 13.6. The van der Waals surface area contributed by atoms with E-state index in [-0.39, 0.29) is 30.8 Å². The number of anilines is 1. The van der Waals surface area contributed by atoms with Gasteiger partial charge in [-0.15, -0.1) is 12.4 Å². The fourth-order valence-electron chi connectivity index (χ4n) is 2.39. The molecule has 0 aliphatic carbocycles. The first-order valence-electron chi connectivity index (χ1n) is 7.55. The van der Waals surface area contributed by atoms with Crippen LogP contribution < -0.4 is 16.0 Å². The summed E-state index contributed by atoms with van der Waals surface area (Å²) < 4.78 is 26.2. The summed E-state index contributed by atoms with van der Waals surface area (Å²) in [6, 6.07) is 5.96. The van der Waals surface area contributed by atoms with Crippen molar-refractivity contribution in [3.8, 4) is 0 Å². The molecule has 0 bridgehead atoms. The molecule has 3 N–H and O–H groups in total. The number of hydrogen-bond donors (Lipinski definition) is 3. The minimum absolute atomic E-state index is 0. The molecule has 2 amide bonds. The molecule has 2 rings (SSSR count). The third-order valence-corrected chi connectivity index (χ3v) is 3.46. The molecule has 1 unspecified atom stereocenters. The molecular formula is C16H22ClF2N3O2. The van der Waals surface area contributed by atoms with E-state index in [1.807, 2.05) is 13.8 Å². The van der Waals surface area contributed by atoms with Gasteiger partial charge in [0, 0.05) is 18.2 Å². The normalized spacial score (nSPS) is 18.8. The Morgan fingerprint density at radius 1 is 1.29 bits per heavy atom. The van der Waals surface area contributed by atoms with Crippen LogP contribution in [0.25, 0.3) is 0 Å². The highest BCUT2D eigenvalue weighted by atomic mass is 35.5. The highest BCUT2D eigenvalue weighted by Crippen LogP contribution is 2.25.